The predicted molar refractivity (Wildman–Crippen MR) is 135 cm³/mol. The molecule has 1 N–H and O–H groups in total. The van der Waals surface area contributed by atoms with Crippen molar-refractivity contribution in [1.29, 1.82) is 0 Å². The minimum absolute atomic E-state index is 0.00323. The largest absolute Gasteiger partial charge is 0.497 e. The number of hydrogen-bond donors (Lipinski definition) is 1. The molecule has 1 aliphatic carbocycles. The zero-order valence-electron chi connectivity index (χ0n) is 19.8. The molecule has 1 amide bonds. The molecular weight excluding hydrogens is 448 g/mol. The molecule has 2 aromatic carbocycles. The number of ketones is 1. The predicted octanol–water partition coefficient (Wildman–Crippen LogP) is 5.78. The van der Waals surface area contributed by atoms with Gasteiger partial charge in [-0.25, -0.2) is 0 Å². The number of carbonyl (C=O) groups excluding carboxylic acids is 2. The quantitative estimate of drug-likeness (QED) is 0.326. The molecule has 1 aromatic heterocycles. The summed E-state index contributed by atoms with van der Waals surface area (Å²) >= 11 is 1.42. The summed E-state index contributed by atoms with van der Waals surface area (Å²) in [5.74, 6) is 1.49. The lowest BCUT2D eigenvalue weighted by Crippen LogP contribution is -2.23. The van der Waals surface area contributed by atoms with E-state index in [0.717, 1.165) is 35.1 Å². The van der Waals surface area contributed by atoms with Gasteiger partial charge in [0.15, 0.2) is 16.8 Å². The lowest BCUT2D eigenvalue weighted by Gasteiger charge is -2.26. The van der Waals surface area contributed by atoms with E-state index in [1.54, 1.807) is 31.4 Å². The average molecular weight is 479 g/mol. The number of carbonyl (C=O) groups is 2. The third-order valence-electron chi connectivity index (χ3n) is 6.16. The van der Waals surface area contributed by atoms with Crippen LogP contribution in [0.5, 0.6) is 5.75 Å². The van der Waals surface area contributed by atoms with Crippen molar-refractivity contribution in [3.8, 4) is 17.1 Å². The highest BCUT2D eigenvalue weighted by atomic mass is 32.2. The zero-order chi connectivity index (χ0) is 24.1. The van der Waals surface area contributed by atoms with E-state index in [1.807, 2.05) is 31.2 Å². The number of Topliss-reactive ketones (excluding diaryl/α,β-unsaturated/α-hetero) is 1. The molecule has 0 saturated heterocycles. The minimum Gasteiger partial charge on any atom is -0.497 e. The summed E-state index contributed by atoms with van der Waals surface area (Å²) in [6.07, 6.45) is 5.78. The van der Waals surface area contributed by atoms with Gasteiger partial charge in [0.2, 0.25) is 5.91 Å². The van der Waals surface area contributed by atoms with Crippen LogP contribution in [-0.4, -0.2) is 38.8 Å². The smallest absolute Gasteiger partial charge is 0.237 e. The second kappa shape index (κ2) is 10.9. The number of amides is 1. The van der Waals surface area contributed by atoms with Gasteiger partial charge in [-0.15, -0.1) is 10.2 Å². The van der Waals surface area contributed by atoms with Gasteiger partial charge in [-0.3, -0.25) is 14.2 Å². The molecule has 0 radical (unpaired) electrons. The van der Waals surface area contributed by atoms with Crippen LogP contribution in [0.15, 0.2) is 53.7 Å². The molecule has 8 heteroatoms. The van der Waals surface area contributed by atoms with Gasteiger partial charge in [0.05, 0.1) is 12.4 Å². The van der Waals surface area contributed by atoms with E-state index >= 15 is 0 Å². The Morgan fingerprint density at radius 3 is 2.32 bits per heavy atom. The van der Waals surface area contributed by atoms with E-state index in [-0.39, 0.29) is 16.9 Å². The molecule has 3 aromatic rings. The van der Waals surface area contributed by atoms with E-state index in [1.165, 1.54) is 37.9 Å². The second-order valence-electron chi connectivity index (χ2n) is 8.58. The maximum atomic E-state index is 12.9. The summed E-state index contributed by atoms with van der Waals surface area (Å²) in [4.78, 5) is 24.4. The maximum Gasteiger partial charge on any atom is 0.237 e. The Bertz CT molecular complexity index is 1140. The number of nitrogens with one attached hydrogen (secondary N) is 1. The van der Waals surface area contributed by atoms with Crippen LogP contribution in [0.2, 0.25) is 0 Å². The number of benzene rings is 2. The van der Waals surface area contributed by atoms with Crippen LogP contribution in [0.4, 0.5) is 5.69 Å². The third kappa shape index (κ3) is 5.50. The van der Waals surface area contributed by atoms with Gasteiger partial charge in [-0.1, -0.05) is 31.0 Å². The monoisotopic (exact) mass is 478 g/mol. The van der Waals surface area contributed by atoms with Crippen molar-refractivity contribution in [1.82, 2.24) is 14.8 Å². The summed E-state index contributed by atoms with van der Waals surface area (Å²) in [6.45, 7) is 3.39. The first-order chi connectivity index (χ1) is 16.5. The molecule has 0 spiro atoms. The van der Waals surface area contributed by atoms with Crippen LogP contribution in [0, 0.1) is 0 Å². The fraction of sp³-hybridized carbons (Fsp3) is 0.385. The summed E-state index contributed by atoms with van der Waals surface area (Å²) in [7, 11) is 1.65. The van der Waals surface area contributed by atoms with Crippen LogP contribution in [0.25, 0.3) is 11.4 Å². The summed E-state index contributed by atoms with van der Waals surface area (Å²) < 4.78 is 7.51. The zero-order valence-corrected chi connectivity index (χ0v) is 20.6. The first-order valence-electron chi connectivity index (χ1n) is 11.6. The highest BCUT2D eigenvalue weighted by Crippen LogP contribution is 2.37. The van der Waals surface area contributed by atoms with Gasteiger partial charge in [0.25, 0.3) is 0 Å². The fourth-order valence-electron chi connectivity index (χ4n) is 4.21. The Labute approximate surface area is 204 Å². The lowest BCUT2D eigenvalue weighted by molar-refractivity contribution is -0.115. The van der Waals surface area contributed by atoms with Crippen molar-refractivity contribution in [3.63, 3.8) is 0 Å². The van der Waals surface area contributed by atoms with E-state index in [4.69, 9.17) is 4.74 Å². The average Bonchev–Trinajstić information content (AvgIpc) is 3.28. The van der Waals surface area contributed by atoms with E-state index in [0.29, 0.717) is 17.3 Å². The SMILES string of the molecule is COc1ccc(-c2nnc(SC(C)C(=O)Nc3ccc(C(C)=O)cc3)n2C2CCCCC2)cc1. The number of aromatic nitrogens is 3. The van der Waals surface area contributed by atoms with E-state index in [9.17, 15) is 9.59 Å². The maximum absolute atomic E-state index is 12.9. The molecule has 0 bridgehead atoms. The number of methoxy groups -OCH3 is 1. The van der Waals surface area contributed by atoms with Crippen LogP contribution in [-0.2, 0) is 4.79 Å². The Morgan fingerprint density at radius 1 is 1.03 bits per heavy atom. The summed E-state index contributed by atoms with van der Waals surface area (Å²) in [5.41, 5.74) is 2.26. The Kier molecular flexibility index (Phi) is 7.67. The van der Waals surface area contributed by atoms with Crippen molar-refractivity contribution < 1.29 is 14.3 Å². The number of rotatable bonds is 8. The van der Waals surface area contributed by atoms with Gasteiger partial charge in [0, 0.05) is 22.9 Å². The summed E-state index contributed by atoms with van der Waals surface area (Å²) in [6, 6.07) is 15.1. The molecular formula is C26H30N4O3S. The molecule has 1 aliphatic rings. The van der Waals surface area contributed by atoms with Crippen molar-refractivity contribution in [2.24, 2.45) is 0 Å². The molecule has 34 heavy (non-hydrogen) atoms. The molecule has 1 heterocycles. The van der Waals surface area contributed by atoms with E-state index in [2.05, 4.69) is 20.1 Å². The van der Waals surface area contributed by atoms with Gasteiger partial charge in [-0.2, -0.15) is 0 Å². The van der Waals surface area contributed by atoms with Crippen LogP contribution < -0.4 is 10.1 Å². The Balaban J connectivity index is 1.54. The molecule has 1 unspecified atom stereocenters. The molecule has 4 rings (SSSR count). The molecule has 1 saturated carbocycles. The first kappa shape index (κ1) is 24.0. The Morgan fingerprint density at radius 2 is 1.71 bits per heavy atom. The van der Waals surface area contributed by atoms with Crippen molar-refractivity contribution >= 4 is 29.1 Å². The second-order valence-corrected chi connectivity index (χ2v) is 9.89. The number of nitrogens with zero attached hydrogens (tertiary/aromatic N) is 3. The number of ether oxygens (including phenoxy) is 1. The van der Waals surface area contributed by atoms with Gasteiger partial charge < -0.3 is 10.1 Å². The van der Waals surface area contributed by atoms with Gasteiger partial charge in [-0.05, 0) is 75.2 Å². The van der Waals surface area contributed by atoms with Crippen LogP contribution in [0.1, 0.15) is 62.4 Å². The topological polar surface area (TPSA) is 86.1 Å². The Hall–Kier alpha value is -3.13. The molecule has 178 valence electrons. The van der Waals surface area contributed by atoms with Gasteiger partial charge >= 0.3 is 0 Å². The third-order valence-corrected chi connectivity index (χ3v) is 7.22. The normalized spacial score (nSPS) is 15.0. The summed E-state index contributed by atoms with van der Waals surface area (Å²) in [5, 5.41) is 12.3. The number of anilines is 1. The lowest BCUT2D eigenvalue weighted by atomic mass is 9.95. The molecule has 1 fully saturated rings. The van der Waals surface area contributed by atoms with Crippen molar-refractivity contribution in [2.45, 2.75) is 62.4 Å². The number of hydrogen-bond acceptors (Lipinski definition) is 6. The van der Waals surface area contributed by atoms with Crippen LogP contribution in [0.3, 0.4) is 0 Å². The van der Waals surface area contributed by atoms with Crippen molar-refractivity contribution in [3.05, 3.63) is 54.1 Å². The number of thioether (sulfide) groups is 1. The molecule has 1 atom stereocenters. The first-order valence-corrected chi connectivity index (χ1v) is 12.5. The van der Waals surface area contributed by atoms with Crippen molar-refractivity contribution in [2.75, 3.05) is 12.4 Å². The van der Waals surface area contributed by atoms with E-state index < -0.39 is 0 Å². The highest BCUT2D eigenvalue weighted by Gasteiger charge is 2.26. The van der Waals surface area contributed by atoms with Gasteiger partial charge in [0.1, 0.15) is 5.75 Å². The standard InChI is InChI=1S/C26H30N4O3S/c1-17(31)19-9-13-21(14-10-19)27-25(32)18(2)34-26-29-28-24(20-11-15-23(33-3)16-12-20)30(26)22-7-5-4-6-8-22/h9-16,18,22H,4-8H2,1-3H3,(H,27,32). The molecule has 0 aliphatic heterocycles. The minimum atomic E-state index is -0.372. The van der Waals surface area contributed by atoms with Crippen LogP contribution >= 0.6 is 11.8 Å². The molecule has 7 nitrogen and oxygen atoms in total. The highest BCUT2D eigenvalue weighted by molar-refractivity contribution is 8.00. The fourth-order valence-corrected chi connectivity index (χ4v) is 5.13.